The van der Waals surface area contributed by atoms with E-state index in [-0.39, 0.29) is 12.0 Å². The fourth-order valence-corrected chi connectivity index (χ4v) is 3.09. The first-order chi connectivity index (χ1) is 11.1. The van der Waals surface area contributed by atoms with Crippen molar-refractivity contribution in [3.05, 3.63) is 29.8 Å². The van der Waals surface area contributed by atoms with Crippen LogP contribution in [0.4, 0.5) is 0 Å². The second kappa shape index (κ2) is 7.00. The number of carbonyl (C=O) groups is 2. The molecule has 0 aliphatic carbocycles. The largest absolute Gasteiger partial charge is 0.491 e. The molecule has 0 aromatic heterocycles. The Labute approximate surface area is 135 Å². The van der Waals surface area contributed by atoms with E-state index in [0.29, 0.717) is 30.9 Å². The van der Waals surface area contributed by atoms with E-state index in [0.717, 1.165) is 25.9 Å². The van der Waals surface area contributed by atoms with Gasteiger partial charge in [0.1, 0.15) is 18.4 Å². The fourth-order valence-electron chi connectivity index (χ4n) is 3.09. The van der Waals surface area contributed by atoms with Gasteiger partial charge < -0.3 is 19.5 Å². The van der Waals surface area contributed by atoms with E-state index in [1.807, 2.05) is 0 Å². The summed E-state index contributed by atoms with van der Waals surface area (Å²) in [5.74, 6) is -0.485. The number of hydrogen-bond acceptors (Lipinski definition) is 4. The van der Waals surface area contributed by atoms with Crippen molar-refractivity contribution in [2.24, 2.45) is 0 Å². The average Bonchev–Trinajstić information content (AvgIpc) is 3.24. The van der Waals surface area contributed by atoms with Crippen molar-refractivity contribution in [1.29, 1.82) is 0 Å². The van der Waals surface area contributed by atoms with Gasteiger partial charge in [0.15, 0.2) is 0 Å². The summed E-state index contributed by atoms with van der Waals surface area (Å²) in [5.41, 5.74) is 0.489. The molecule has 2 heterocycles. The number of likely N-dealkylation sites (tertiary alicyclic amines) is 1. The standard InChI is InChI=1S/C17H21NO5/c19-16(18-9-1-4-15(18)17(20)21)12-5-7-13(8-6-12)23-11-14-3-2-10-22-14/h5-8,14-15H,1-4,9-11H2,(H,20,21)/t14?,15-/m0/s1. The minimum absolute atomic E-state index is 0.150. The van der Waals surface area contributed by atoms with Crippen LogP contribution in [-0.2, 0) is 9.53 Å². The molecule has 3 rings (SSSR count). The molecule has 1 aromatic rings. The molecule has 0 radical (unpaired) electrons. The van der Waals surface area contributed by atoms with Crippen molar-refractivity contribution < 1.29 is 24.2 Å². The quantitative estimate of drug-likeness (QED) is 0.897. The zero-order chi connectivity index (χ0) is 16.2. The van der Waals surface area contributed by atoms with E-state index in [4.69, 9.17) is 9.47 Å². The summed E-state index contributed by atoms with van der Waals surface area (Å²) >= 11 is 0. The third-order valence-corrected chi connectivity index (χ3v) is 4.36. The number of benzene rings is 1. The van der Waals surface area contributed by atoms with Crippen molar-refractivity contribution in [1.82, 2.24) is 4.90 Å². The maximum absolute atomic E-state index is 12.4. The van der Waals surface area contributed by atoms with Crippen molar-refractivity contribution in [3.63, 3.8) is 0 Å². The monoisotopic (exact) mass is 319 g/mol. The van der Waals surface area contributed by atoms with Gasteiger partial charge in [-0.15, -0.1) is 0 Å². The van der Waals surface area contributed by atoms with E-state index in [2.05, 4.69) is 0 Å². The van der Waals surface area contributed by atoms with Crippen LogP contribution in [-0.4, -0.2) is 53.8 Å². The molecule has 1 aromatic carbocycles. The molecular weight excluding hydrogens is 298 g/mol. The molecule has 0 saturated carbocycles. The van der Waals surface area contributed by atoms with E-state index in [1.165, 1.54) is 4.90 Å². The Morgan fingerprint density at radius 2 is 2.00 bits per heavy atom. The molecule has 6 heteroatoms. The maximum Gasteiger partial charge on any atom is 0.326 e. The van der Waals surface area contributed by atoms with Gasteiger partial charge in [-0.25, -0.2) is 4.79 Å². The second-order valence-electron chi connectivity index (χ2n) is 5.97. The molecule has 2 atom stereocenters. The van der Waals surface area contributed by atoms with Crippen LogP contribution >= 0.6 is 0 Å². The normalized spacial score (nSPS) is 23.9. The van der Waals surface area contributed by atoms with Gasteiger partial charge in [0.25, 0.3) is 5.91 Å². The first-order valence-electron chi connectivity index (χ1n) is 8.03. The van der Waals surface area contributed by atoms with Crippen LogP contribution < -0.4 is 4.74 Å². The highest BCUT2D eigenvalue weighted by Gasteiger charge is 2.34. The van der Waals surface area contributed by atoms with Crippen LogP contribution in [0.2, 0.25) is 0 Å². The zero-order valence-electron chi connectivity index (χ0n) is 12.9. The van der Waals surface area contributed by atoms with Gasteiger partial charge in [0, 0.05) is 18.7 Å². The van der Waals surface area contributed by atoms with E-state index in [9.17, 15) is 14.7 Å². The Balaban J connectivity index is 1.59. The fraction of sp³-hybridized carbons (Fsp3) is 0.529. The number of carbonyl (C=O) groups excluding carboxylic acids is 1. The molecule has 2 aliphatic rings. The molecule has 0 bridgehead atoms. The topological polar surface area (TPSA) is 76.1 Å². The second-order valence-corrected chi connectivity index (χ2v) is 5.97. The predicted molar refractivity (Wildman–Crippen MR) is 82.6 cm³/mol. The number of aliphatic carboxylic acids is 1. The van der Waals surface area contributed by atoms with Crippen LogP contribution in [0.25, 0.3) is 0 Å². The van der Waals surface area contributed by atoms with E-state index < -0.39 is 12.0 Å². The Bertz CT molecular complexity index is 565. The Morgan fingerprint density at radius 1 is 1.22 bits per heavy atom. The minimum Gasteiger partial charge on any atom is -0.491 e. The number of ether oxygens (including phenoxy) is 2. The summed E-state index contributed by atoms with van der Waals surface area (Å²) in [6, 6.07) is 6.15. The van der Waals surface area contributed by atoms with E-state index in [1.54, 1.807) is 24.3 Å². The molecule has 124 valence electrons. The highest BCUT2D eigenvalue weighted by Crippen LogP contribution is 2.22. The SMILES string of the molecule is O=C(O)[C@@H]1CCCN1C(=O)c1ccc(OCC2CCCO2)cc1. The Kier molecular flexibility index (Phi) is 4.81. The molecule has 2 aliphatic heterocycles. The van der Waals surface area contributed by atoms with Crippen molar-refractivity contribution >= 4 is 11.9 Å². The average molecular weight is 319 g/mol. The van der Waals surface area contributed by atoms with E-state index >= 15 is 0 Å². The van der Waals surface area contributed by atoms with Gasteiger partial charge in [-0.05, 0) is 49.9 Å². The Morgan fingerprint density at radius 3 is 2.65 bits per heavy atom. The summed E-state index contributed by atoms with van der Waals surface area (Å²) in [6.45, 7) is 1.80. The molecule has 6 nitrogen and oxygen atoms in total. The highest BCUT2D eigenvalue weighted by atomic mass is 16.5. The highest BCUT2D eigenvalue weighted by molar-refractivity contribution is 5.97. The summed E-state index contributed by atoms with van der Waals surface area (Å²) in [5, 5.41) is 9.17. The van der Waals surface area contributed by atoms with Crippen LogP contribution in [0, 0.1) is 0 Å². The number of hydrogen-bond donors (Lipinski definition) is 1. The number of nitrogens with zero attached hydrogens (tertiary/aromatic N) is 1. The lowest BCUT2D eigenvalue weighted by Gasteiger charge is -2.21. The van der Waals surface area contributed by atoms with Crippen LogP contribution in [0.3, 0.4) is 0 Å². The lowest BCUT2D eigenvalue weighted by atomic mass is 10.1. The smallest absolute Gasteiger partial charge is 0.326 e. The number of rotatable bonds is 5. The number of amides is 1. The molecule has 2 fully saturated rings. The molecule has 1 unspecified atom stereocenters. The summed E-state index contributed by atoms with van der Waals surface area (Å²) < 4.78 is 11.2. The van der Waals surface area contributed by atoms with Gasteiger partial charge in [-0.2, -0.15) is 0 Å². The summed E-state index contributed by atoms with van der Waals surface area (Å²) in [7, 11) is 0. The first kappa shape index (κ1) is 15.8. The molecule has 0 spiro atoms. The number of carboxylic acid groups (broad SMARTS) is 1. The van der Waals surface area contributed by atoms with Crippen LogP contribution in [0.1, 0.15) is 36.0 Å². The van der Waals surface area contributed by atoms with Gasteiger partial charge in [-0.1, -0.05) is 0 Å². The van der Waals surface area contributed by atoms with Gasteiger partial charge in [0.2, 0.25) is 0 Å². The predicted octanol–water partition coefficient (Wildman–Crippen LogP) is 1.93. The van der Waals surface area contributed by atoms with Crippen LogP contribution in [0.15, 0.2) is 24.3 Å². The van der Waals surface area contributed by atoms with Gasteiger partial charge in [0.05, 0.1) is 6.10 Å². The summed E-state index contributed by atoms with van der Waals surface area (Å²) in [4.78, 5) is 25.1. The minimum atomic E-state index is -0.938. The lowest BCUT2D eigenvalue weighted by molar-refractivity contribution is -0.141. The molecule has 23 heavy (non-hydrogen) atoms. The third-order valence-electron chi connectivity index (χ3n) is 4.36. The van der Waals surface area contributed by atoms with Crippen molar-refractivity contribution in [2.75, 3.05) is 19.8 Å². The van der Waals surface area contributed by atoms with Crippen LogP contribution in [0.5, 0.6) is 5.75 Å². The molecule has 1 amide bonds. The van der Waals surface area contributed by atoms with Crippen molar-refractivity contribution in [3.8, 4) is 5.75 Å². The third kappa shape index (κ3) is 3.64. The zero-order valence-corrected chi connectivity index (χ0v) is 12.9. The Hall–Kier alpha value is -2.08. The number of carboxylic acids is 1. The molecule has 2 saturated heterocycles. The van der Waals surface area contributed by atoms with Gasteiger partial charge >= 0.3 is 5.97 Å². The molecular formula is C17H21NO5. The van der Waals surface area contributed by atoms with Crippen molar-refractivity contribution in [2.45, 2.75) is 37.8 Å². The van der Waals surface area contributed by atoms with Gasteiger partial charge in [-0.3, -0.25) is 4.79 Å². The summed E-state index contributed by atoms with van der Waals surface area (Å²) in [6.07, 6.45) is 3.48. The first-order valence-corrected chi connectivity index (χ1v) is 8.03. The lowest BCUT2D eigenvalue weighted by Crippen LogP contribution is -2.40. The molecule has 1 N–H and O–H groups in total. The maximum atomic E-state index is 12.4.